The number of benzene rings is 1. The molecule has 7 nitrogen and oxygen atoms in total. The van der Waals surface area contributed by atoms with Gasteiger partial charge in [-0.15, -0.1) is 0 Å². The van der Waals surface area contributed by atoms with Crippen molar-refractivity contribution in [3.05, 3.63) is 54.0 Å². The average molecular weight is 414 g/mol. The van der Waals surface area contributed by atoms with Crippen LogP contribution in [0.2, 0.25) is 0 Å². The first kappa shape index (κ1) is 21.9. The zero-order chi connectivity index (χ0) is 21.5. The third kappa shape index (κ3) is 6.10. The molecule has 0 bridgehead atoms. The largest absolute Gasteiger partial charge is 0.467 e. The lowest BCUT2D eigenvalue weighted by Gasteiger charge is -2.30. The second kappa shape index (κ2) is 10.3. The molecule has 7 heteroatoms. The minimum absolute atomic E-state index is 0.0111. The number of amides is 3. The van der Waals surface area contributed by atoms with Gasteiger partial charge < -0.3 is 24.3 Å². The molecule has 3 rings (SSSR count). The van der Waals surface area contributed by atoms with Crippen LogP contribution in [0, 0.1) is 6.92 Å². The normalized spacial score (nSPS) is 15.9. The molecule has 0 spiro atoms. The Morgan fingerprint density at radius 1 is 1.20 bits per heavy atom. The van der Waals surface area contributed by atoms with Crippen molar-refractivity contribution in [3.8, 4) is 0 Å². The predicted octanol–water partition coefficient (Wildman–Crippen LogP) is 4.04. The zero-order valence-corrected chi connectivity index (χ0v) is 18.0. The van der Waals surface area contributed by atoms with E-state index in [0.29, 0.717) is 24.5 Å². The maximum atomic E-state index is 13.2. The van der Waals surface area contributed by atoms with Gasteiger partial charge in [-0.2, -0.15) is 0 Å². The van der Waals surface area contributed by atoms with E-state index in [4.69, 9.17) is 9.15 Å². The molecule has 0 radical (unpaired) electrons. The number of hydrogen-bond donors (Lipinski definition) is 1. The number of anilines is 1. The molecule has 1 N–H and O–H groups in total. The summed E-state index contributed by atoms with van der Waals surface area (Å²) in [6.45, 7) is 7.36. The van der Waals surface area contributed by atoms with Crippen molar-refractivity contribution in [1.82, 2.24) is 9.80 Å². The highest BCUT2D eigenvalue weighted by Gasteiger charge is 2.27. The van der Waals surface area contributed by atoms with Crippen molar-refractivity contribution in [2.24, 2.45) is 0 Å². The minimum atomic E-state index is -0.294. The lowest BCUT2D eigenvalue weighted by molar-refractivity contribution is -0.134. The molecule has 0 aliphatic carbocycles. The van der Waals surface area contributed by atoms with Gasteiger partial charge in [0, 0.05) is 24.9 Å². The van der Waals surface area contributed by atoms with Crippen LogP contribution in [0.1, 0.15) is 38.0 Å². The topological polar surface area (TPSA) is 75.0 Å². The maximum absolute atomic E-state index is 13.2. The molecule has 1 unspecified atom stereocenters. The van der Waals surface area contributed by atoms with E-state index in [1.165, 1.54) is 0 Å². The van der Waals surface area contributed by atoms with Crippen LogP contribution in [0.15, 0.2) is 47.1 Å². The number of hydrogen-bond acceptors (Lipinski definition) is 4. The molecule has 1 aromatic heterocycles. The van der Waals surface area contributed by atoms with Crippen LogP contribution in [-0.4, -0.2) is 53.6 Å². The Kier molecular flexibility index (Phi) is 7.52. The fraction of sp³-hybridized carbons (Fsp3) is 0.478. The van der Waals surface area contributed by atoms with Crippen molar-refractivity contribution < 1.29 is 18.7 Å². The number of carbonyl (C=O) groups is 2. The van der Waals surface area contributed by atoms with Crippen LogP contribution >= 0.6 is 0 Å². The molecule has 1 aliphatic heterocycles. The maximum Gasteiger partial charge on any atom is 0.322 e. The minimum Gasteiger partial charge on any atom is -0.467 e. The molecule has 1 atom stereocenters. The Bertz CT molecular complexity index is 811. The van der Waals surface area contributed by atoms with E-state index in [9.17, 15) is 9.59 Å². The van der Waals surface area contributed by atoms with Gasteiger partial charge in [0.1, 0.15) is 12.3 Å². The number of urea groups is 1. The lowest BCUT2D eigenvalue weighted by atomic mass is 10.2. The zero-order valence-electron chi connectivity index (χ0n) is 18.0. The van der Waals surface area contributed by atoms with Crippen molar-refractivity contribution in [1.29, 1.82) is 0 Å². The number of furan rings is 1. The van der Waals surface area contributed by atoms with E-state index in [1.54, 1.807) is 22.1 Å². The first-order valence-corrected chi connectivity index (χ1v) is 10.5. The molecular weight excluding hydrogens is 382 g/mol. The Hall–Kier alpha value is -2.80. The Labute approximate surface area is 178 Å². The molecule has 30 heavy (non-hydrogen) atoms. The van der Waals surface area contributed by atoms with Gasteiger partial charge in [-0.25, -0.2) is 4.79 Å². The number of ether oxygens (including phenoxy) is 1. The second-order valence-electron chi connectivity index (χ2n) is 8.01. The Morgan fingerprint density at radius 2 is 1.97 bits per heavy atom. The first-order chi connectivity index (χ1) is 14.4. The average Bonchev–Trinajstić information content (AvgIpc) is 3.41. The second-order valence-corrected chi connectivity index (χ2v) is 8.01. The Morgan fingerprint density at radius 3 is 2.57 bits per heavy atom. The standard InChI is InChI=1S/C23H31N3O4/c1-17(2)26(23(28)24-19-10-8-18(3)9-11-19)16-22(27)25(14-20-6-4-12-29-20)15-21-7-5-13-30-21/h4,6,8-12,17,21H,5,7,13-16H2,1-3H3,(H,24,28). The van der Waals surface area contributed by atoms with Gasteiger partial charge in [0.15, 0.2) is 0 Å². The van der Waals surface area contributed by atoms with Gasteiger partial charge in [0.2, 0.25) is 5.91 Å². The molecule has 1 fully saturated rings. The SMILES string of the molecule is Cc1ccc(NC(=O)N(CC(=O)N(Cc2ccco2)CC2CCCO2)C(C)C)cc1. The summed E-state index contributed by atoms with van der Waals surface area (Å²) in [5, 5.41) is 2.89. The summed E-state index contributed by atoms with van der Waals surface area (Å²) in [4.78, 5) is 29.3. The number of rotatable bonds is 8. The summed E-state index contributed by atoms with van der Waals surface area (Å²) in [5.41, 5.74) is 1.82. The number of aryl methyl sites for hydroxylation is 1. The van der Waals surface area contributed by atoms with Crippen LogP contribution in [0.4, 0.5) is 10.5 Å². The summed E-state index contributed by atoms with van der Waals surface area (Å²) < 4.78 is 11.2. The highest BCUT2D eigenvalue weighted by Crippen LogP contribution is 2.17. The monoisotopic (exact) mass is 413 g/mol. The van der Waals surface area contributed by atoms with Crippen LogP contribution in [0.5, 0.6) is 0 Å². The van der Waals surface area contributed by atoms with E-state index < -0.39 is 0 Å². The lowest BCUT2D eigenvalue weighted by Crippen LogP contribution is -2.48. The van der Waals surface area contributed by atoms with Crippen molar-refractivity contribution in [2.75, 3.05) is 25.0 Å². The summed E-state index contributed by atoms with van der Waals surface area (Å²) in [6, 6.07) is 10.8. The summed E-state index contributed by atoms with van der Waals surface area (Å²) in [5.74, 6) is 0.580. The van der Waals surface area contributed by atoms with Crippen LogP contribution in [0.3, 0.4) is 0 Å². The molecule has 3 amide bonds. The molecular formula is C23H31N3O4. The quantitative estimate of drug-likeness (QED) is 0.709. The van der Waals surface area contributed by atoms with Crippen molar-refractivity contribution >= 4 is 17.6 Å². The van der Waals surface area contributed by atoms with Gasteiger partial charge in [0.25, 0.3) is 0 Å². The van der Waals surface area contributed by atoms with E-state index in [-0.39, 0.29) is 30.6 Å². The van der Waals surface area contributed by atoms with Gasteiger partial charge in [-0.05, 0) is 57.9 Å². The molecule has 0 saturated carbocycles. The Balaban J connectivity index is 1.67. The molecule has 1 aromatic carbocycles. The number of nitrogens with one attached hydrogen (secondary N) is 1. The van der Waals surface area contributed by atoms with Crippen LogP contribution in [0.25, 0.3) is 0 Å². The van der Waals surface area contributed by atoms with Crippen LogP contribution < -0.4 is 5.32 Å². The smallest absolute Gasteiger partial charge is 0.322 e. The van der Waals surface area contributed by atoms with Gasteiger partial charge in [-0.3, -0.25) is 4.79 Å². The summed E-state index contributed by atoms with van der Waals surface area (Å²) in [7, 11) is 0. The molecule has 1 aliphatic rings. The molecule has 1 saturated heterocycles. The van der Waals surface area contributed by atoms with E-state index in [1.807, 2.05) is 51.1 Å². The van der Waals surface area contributed by atoms with Crippen LogP contribution in [-0.2, 0) is 16.1 Å². The fourth-order valence-corrected chi connectivity index (χ4v) is 3.45. The van der Waals surface area contributed by atoms with E-state index in [0.717, 1.165) is 25.0 Å². The molecule has 2 heterocycles. The summed E-state index contributed by atoms with van der Waals surface area (Å²) in [6.07, 6.45) is 3.56. The summed E-state index contributed by atoms with van der Waals surface area (Å²) >= 11 is 0. The van der Waals surface area contributed by atoms with Gasteiger partial charge in [0.05, 0.1) is 18.9 Å². The predicted molar refractivity (Wildman–Crippen MR) is 115 cm³/mol. The highest BCUT2D eigenvalue weighted by molar-refractivity contribution is 5.92. The van der Waals surface area contributed by atoms with E-state index in [2.05, 4.69) is 5.32 Å². The number of nitrogens with zero attached hydrogens (tertiary/aromatic N) is 2. The molecule has 2 aromatic rings. The highest BCUT2D eigenvalue weighted by atomic mass is 16.5. The third-order valence-electron chi connectivity index (χ3n) is 5.22. The number of carbonyl (C=O) groups excluding carboxylic acids is 2. The third-order valence-corrected chi connectivity index (χ3v) is 5.22. The molecule has 162 valence electrons. The van der Waals surface area contributed by atoms with Gasteiger partial charge in [-0.1, -0.05) is 17.7 Å². The first-order valence-electron chi connectivity index (χ1n) is 10.5. The van der Waals surface area contributed by atoms with Crippen molar-refractivity contribution in [3.63, 3.8) is 0 Å². The van der Waals surface area contributed by atoms with E-state index >= 15 is 0 Å². The fourth-order valence-electron chi connectivity index (χ4n) is 3.45. The van der Waals surface area contributed by atoms with Gasteiger partial charge >= 0.3 is 6.03 Å². The van der Waals surface area contributed by atoms with Crippen molar-refractivity contribution in [2.45, 2.75) is 52.3 Å².